The SMILES string of the molecule is Cc1cc(C)c(C)c(C(=O)Oc2cc(OC(=O)c3cc(C)cc(C)c3C)c(C(=O)OC(CS(=O)(=O)O)C(F)(F)F)c(OC(=O)c3cc(C)cc(C)c3C)c2)c1. The molecule has 4 aromatic carbocycles. The Balaban J connectivity index is 1.99. The zero-order valence-corrected chi connectivity index (χ0v) is 32.3. The number of benzene rings is 4. The molecular formula is C40H39F3O11S. The minimum atomic E-state index is -5.52. The summed E-state index contributed by atoms with van der Waals surface area (Å²) in [6.07, 6.45) is -8.94. The lowest BCUT2D eigenvalue weighted by atomic mass is 10.00. The van der Waals surface area contributed by atoms with Crippen molar-refractivity contribution in [2.24, 2.45) is 0 Å². The molecule has 55 heavy (non-hydrogen) atoms. The number of aryl methyl sites for hydroxylation is 6. The summed E-state index contributed by atoms with van der Waals surface area (Å²) >= 11 is 0. The van der Waals surface area contributed by atoms with Gasteiger partial charge in [0.05, 0.1) is 16.7 Å². The Morgan fingerprint density at radius 3 is 1.25 bits per heavy atom. The molecule has 0 fully saturated rings. The first-order valence-electron chi connectivity index (χ1n) is 16.7. The van der Waals surface area contributed by atoms with Gasteiger partial charge in [-0.3, -0.25) is 4.55 Å². The zero-order valence-electron chi connectivity index (χ0n) is 31.5. The van der Waals surface area contributed by atoms with E-state index >= 15 is 0 Å². The van der Waals surface area contributed by atoms with Crippen LogP contribution < -0.4 is 14.2 Å². The summed E-state index contributed by atoms with van der Waals surface area (Å²) < 4.78 is 95.8. The minimum Gasteiger partial charge on any atom is -0.448 e. The summed E-state index contributed by atoms with van der Waals surface area (Å²) in [7, 11) is -5.37. The van der Waals surface area contributed by atoms with E-state index in [2.05, 4.69) is 4.74 Å². The van der Waals surface area contributed by atoms with E-state index in [0.29, 0.717) is 44.5 Å². The van der Waals surface area contributed by atoms with Gasteiger partial charge in [0.25, 0.3) is 10.1 Å². The van der Waals surface area contributed by atoms with Crippen LogP contribution in [-0.4, -0.2) is 54.9 Å². The highest BCUT2D eigenvalue weighted by Gasteiger charge is 2.46. The van der Waals surface area contributed by atoms with E-state index in [9.17, 15) is 45.3 Å². The lowest BCUT2D eigenvalue weighted by Crippen LogP contribution is -2.39. The summed E-state index contributed by atoms with van der Waals surface area (Å²) in [6.45, 7) is 15.2. The maximum absolute atomic E-state index is 14.0. The number of carbonyl (C=O) groups excluding carboxylic acids is 4. The molecular weight excluding hydrogens is 745 g/mol. The topological polar surface area (TPSA) is 160 Å². The van der Waals surface area contributed by atoms with E-state index < -0.39 is 74.8 Å². The van der Waals surface area contributed by atoms with Gasteiger partial charge in [0.15, 0.2) is 11.5 Å². The smallest absolute Gasteiger partial charge is 0.426 e. The highest BCUT2D eigenvalue weighted by molar-refractivity contribution is 7.85. The standard InChI is InChI=1S/C40H39F3O11S/c1-19-10-22(4)25(7)29(13-19)36(44)51-28-16-32(52-37(45)30-14-20(2)11-23(5)26(30)8)35(39(47)54-34(40(41,42)43)18-55(48,49)50)33(17-28)53-38(46)31-15-21(3)12-24(6)27(31)9/h10-17,34H,18H2,1-9H3,(H,48,49,50). The third-order valence-corrected chi connectivity index (χ3v) is 9.65. The van der Waals surface area contributed by atoms with Crippen LogP contribution >= 0.6 is 0 Å². The van der Waals surface area contributed by atoms with Crippen LogP contribution in [0.2, 0.25) is 0 Å². The van der Waals surface area contributed by atoms with Crippen LogP contribution in [0.3, 0.4) is 0 Å². The fourth-order valence-corrected chi connectivity index (χ4v) is 6.43. The highest BCUT2D eigenvalue weighted by atomic mass is 32.2. The van der Waals surface area contributed by atoms with E-state index in [4.69, 9.17) is 14.2 Å². The molecule has 1 atom stereocenters. The first-order valence-corrected chi connectivity index (χ1v) is 18.3. The molecule has 0 saturated heterocycles. The second kappa shape index (κ2) is 16.1. The molecule has 0 spiro atoms. The lowest BCUT2D eigenvalue weighted by Gasteiger charge is -2.22. The number of ether oxygens (including phenoxy) is 4. The Morgan fingerprint density at radius 2 is 0.927 bits per heavy atom. The average Bonchev–Trinajstić information content (AvgIpc) is 3.04. The molecule has 0 amide bonds. The van der Waals surface area contributed by atoms with Gasteiger partial charge in [0.1, 0.15) is 17.1 Å². The average molecular weight is 785 g/mol. The van der Waals surface area contributed by atoms with Gasteiger partial charge in [-0.2, -0.15) is 21.6 Å². The summed E-state index contributed by atoms with van der Waals surface area (Å²) in [5.74, 6) is -9.40. The molecule has 11 nitrogen and oxygen atoms in total. The summed E-state index contributed by atoms with van der Waals surface area (Å²) in [5.41, 5.74) is 4.61. The Bertz CT molecular complexity index is 2250. The number of hydrogen-bond acceptors (Lipinski definition) is 10. The second-order valence-corrected chi connectivity index (χ2v) is 14.9. The van der Waals surface area contributed by atoms with Crippen LogP contribution in [0.15, 0.2) is 48.5 Å². The van der Waals surface area contributed by atoms with Crippen molar-refractivity contribution in [1.29, 1.82) is 0 Å². The molecule has 0 radical (unpaired) electrons. The first kappa shape index (κ1) is 42.2. The number of alkyl halides is 3. The van der Waals surface area contributed by atoms with Gasteiger partial charge in [0, 0.05) is 12.1 Å². The summed E-state index contributed by atoms with van der Waals surface area (Å²) in [4.78, 5) is 54.9. The van der Waals surface area contributed by atoms with Crippen LogP contribution in [0, 0.1) is 62.3 Å². The van der Waals surface area contributed by atoms with Gasteiger partial charge < -0.3 is 18.9 Å². The summed E-state index contributed by atoms with van der Waals surface area (Å²) in [6, 6.07) is 11.6. The van der Waals surface area contributed by atoms with Gasteiger partial charge in [-0.05, 0) is 131 Å². The number of halogens is 3. The molecule has 0 saturated carbocycles. The van der Waals surface area contributed by atoms with Gasteiger partial charge in [-0.15, -0.1) is 0 Å². The lowest BCUT2D eigenvalue weighted by molar-refractivity contribution is -0.197. The van der Waals surface area contributed by atoms with Gasteiger partial charge in [-0.1, -0.05) is 18.2 Å². The second-order valence-electron chi connectivity index (χ2n) is 13.4. The van der Waals surface area contributed by atoms with Crippen molar-refractivity contribution in [1.82, 2.24) is 0 Å². The first-order chi connectivity index (χ1) is 25.4. The van der Waals surface area contributed by atoms with E-state index in [0.717, 1.165) is 17.7 Å². The quantitative estimate of drug-likeness (QED) is 0.0941. The van der Waals surface area contributed by atoms with E-state index in [-0.39, 0.29) is 16.7 Å². The summed E-state index contributed by atoms with van der Waals surface area (Å²) in [5, 5.41) is 0. The van der Waals surface area contributed by atoms with Crippen LogP contribution in [0.5, 0.6) is 17.2 Å². The monoisotopic (exact) mass is 784 g/mol. The van der Waals surface area contributed by atoms with Crippen molar-refractivity contribution in [3.63, 3.8) is 0 Å². The van der Waals surface area contributed by atoms with Crippen LogP contribution in [0.4, 0.5) is 13.2 Å². The highest BCUT2D eigenvalue weighted by Crippen LogP contribution is 2.38. The predicted molar refractivity (Wildman–Crippen MR) is 195 cm³/mol. The van der Waals surface area contributed by atoms with E-state index in [1.54, 1.807) is 80.5 Å². The molecule has 0 aromatic heterocycles. The normalized spacial score (nSPS) is 12.2. The predicted octanol–water partition coefficient (Wildman–Crippen LogP) is 8.10. The number of esters is 4. The third kappa shape index (κ3) is 10.2. The number of carbonyl (C=O) groups is 4. The van der Waals surface area contributed by atoms with Crippen LogP contribution in [-0.2, 0) is 14.9 Å². The molecule has 4 aromatic rings. The van der Waals surface area contributed by atoms with Crippen molar-refractivity contribution in [3.8, 4) is 17.2 Å². The zero-order chi connectivity index (χ0) is 41.3. The number of hydrogen-bond donors (Lipinski definition) is 1. The molecule has 1 N–H and O–H groups in total. The third-order valence-electron chi connectivity index (χ3n) is 8.93. The molecule has 0 aliphatic heterocycles. The van der Waals surface area contributed by atoms with Crippen LogP contribution in [0.1, 0.15) is 91.5 Å². The van der Waals surface area contributed by atoms with E-state index in [1.165, 1.54) is 12.1 Å². The molecule has 0 bridgehead atoms. The molecule has 4 rings (SSSR count). The largest absolute Gasteiger partial charge is 0.448 e. The number of rotatable bonds is 10. The Labute approximate surface area is 316 Å². The molecule has 292 valence electrons. The van der Waals surface area contributed by atoms with Crippen LogP contribution in [0.25, 0.3) is 0 Å². The molecule has 15 heteroatoms. The van der Waals surface area contributed by atoms with Crippen molar-refractivity contribution >= 4 is 34.0 Å². The van der Waals surface area contributed by atoms with Gasteiger partial charge in [0.2, 0.25) is 6.10 Å². The maximum Gasteiger partial charge on any atom is 0.426 e. The molecule has 1 unspecified atom stereocenters. The van der Waals surface area contributed by atoms with Crippen molar-refractivity contribution in [3.05, 3.63) is 121 Å². The Morgan fingerprint density at radius 1 is 0.582 bits per heavy atom. The van der Waals surface area contributed by atoms with Gasteiger partial charge >= 0.3 is 30.1 Å². The van der Waals surface area contributed by atoms with Crippen molar-refractivity contribution < 1.29 is 64.3 Å². The van der Waals surface area contributed by atoms with Gasteiger partial charge in [-0.25, -0.2) is 19.2 Å². The Hall–Kier alpha value is -5.54. The van der Waals surface area contributed by atoms with Crippen molar-refractivity contribution in [2.45, 2.75) is 74.6 Å². The maximum atomic E-state index is 14.0. The fraction of sp³-hybridized carbons (Fsp3) is 0.300. The molecule has 0 aliphatic rings. The van der Waals surface area contributed by atoms with E-state index in [1.807, 2.05) is 6.07 Å². The Kier molecular flexibility index (Phi) is 12.3. The van der Waals surface area contributed by atoms with Crippen molar-refractivity contribution in [2.75, 3.05) is 5.75 Å². The minimum absolute atomic E-state index is 0.00553. The molecule has 0 heterocycles. The fourth-order valence-electron chi connectivity index (χ4n) is 5.79. The molecule has 0 aliphatic carbocycles.